The molecule has 4 rings (SSSR count). The van der Waals surface area contributed by atoms with Crippen LogP contribution >= 0.6 is 0 Å². The van der Waals surface area contributed by atoms with Crippen LogP contribution in [0.25, 0.3) is 0 Å². The van der Waals surface area contributed by atoms with Crippen molar-refractivity contribution < 1.29 is 13.2 Å². The van der Waals surface area contributed by atoms with E-state index in [1.54, 1.807) is 36.4 Å². The predicted octanol–water partition coefficient (Wildman–Crippen LogP) is 4.04. The Morgan fingerprint density at radius 1 is 0.938 bits per heavy atom. The molecule has 0 bridgehead atoms. The zero-order valence-corrected chi connectivity index (χ0v) is 18.9. The van der Waals surface area contributed by atoms with Crippen LogP contribution in [0.1, 0.15) is 28.8 Å². The number of nitrogens with one attached hydrogen (secondary N) is 1. The van der Waals surface area contributed by atoms with Crippen LogP contribution in [0.15, 0.2) is 83.8 Å². The van der Waals surface area contributed by atoms with Crippen LogP contribution in [0.3, 0.4) is 0 Å². The van der Waals surface area contributed by atoms with Gasteiger partial charge in [0.1, 0.15) is 0 Å². The van der Waals surface area contributed by atoms with E-state index in [2.05, 4.69) is 16.3 Å². The maximum absolute atomic E-state index is 13.1. The molecule has 1 heterocycles. The van der Waals surface area contributed by atoms with Crippen LogP contribution in [-0.2, 0) is 16.6 Å². The summed E-state index contributed by atoms with van der Waals surface area (Å²) < 4.78 is 27.4. The lowest BCUT2D eigenvalue weighted by atomic mass is 10.1. The van der Waals surface area contributed by atoms with E-state index in [4.69, 9.17) is 0 Å². The van der Waals surface area contributed by atoms with Crippen LogP contribution < -0.4 is 14.5 Å². The summed E-state index contributed by atoms with van der Waals surface area (Å²) in [5.74, 6) is -0.305. The molecule has 1 saturated heterocycles. The largest absolute Gasteiger partial charge is 0.371 e. The molecule has 0 aliphatic carbocycles. The highest BCUT2D eigenvalue weighted by Gasteiger charge is 2.22. The van der Waals surface area contributed by atoms with Gasteiger partial charge in [-0.15, -0.1) is 0 Å². The predicted molar refractivity (Wildman–Crippen MR) is 128 cm³/mol. The number of carbonyl (C=O) groups is 1. The van der Waals surface area contributed by atoms with Crippen molar-refractivity contribution in [1.82, 2.24) is 5.32 Å². The zero-order valence-electron chi connectivity index (χ0n) is 18.1. The number of anilines is 2. The molecular formula is C25H27N3O3S. The Morgan fingerprint density at radius 2 is 1.62 bits per heavy atom. The number of hydrogen-bond donors (Lipinski definition) is 1. The maximum Gasteiger partial charge on any atom is 0.264 e. The fraction of sp³-hybridized carbons (Fsp3) is 0.240. The quantitative estimate of drug-likeness (QED) is 0.591. The molecule has 1 N–H and O–H groups in total. The van der Waals surface area contributed by atoms with Gasteiger partial charge in [0, 0.05) is 37.9 Å². The van der Waals surface area contributed by atoms with Crippen molar-refractivity contribution in [1.29, 1.82) is 0 Å². The molecule has 0 spiro atoms. The number of benzene rings is 3. The molecule has 3 aromatic carbocycles. The van der Waals surface area contributed by atoms with Gasteiger partial charge < -0.3 is 10.2 Å². The van der Waals surface area contributed by atoms with Gasteiger partial charge in [0.15, 0.2) is 0 Å². The highest BCUT2D eigenvalue weighted by molar-refractivity contribution is 7.92. The van der Waals surface area contributed by atoms with Crippen molar-refractivity contribution >= 4 is 27.3 Å². The molecule has 1 aliphatic rings. The summed E-state index contributed by atoms with van der Waals surface area (Å²) in [5, 5.41) is 2.94. The minimum absolute atomic E-state index is 0.0777. The Morgan fingerprint density at radius 3 is 2.38 bits per heavy atom. The van der Waals surface area contributed by atoms with E-state index in [1.165, 1.54) is 36.3 Å². The fourth-order valence-electron chi connectivity index (χ4n) is 3.94. The Labute approximate surface area is 189 Å². The molecule has 166 valence electrons. The average molecular weight is 450 g/mol. The molecule has 3 aromatic rings. The number of nitrogens with zero attached hydrogens (tertiary/aromatic N) is 2. The third-order valence-corrected chi connectivity index (χ3v) is 7.53. The molecule has 0 saturated carbocycles. The Hall–Kier alpha value is -3.32. The monoisotopic (exact) mass is 449 g/mol. The highest BCUT2D eigenvalue weighted by atomic mass is 32.2. The molecule has 1 fully saturated rings. The summed E-state index contributed by atoms with van der Waals surface area (Å²) in [6, 6.07) is 23.1. The SMILES string of the molecule is CN(c1ccccc1)S(=O)(=O)c1cccc(C(=O)NCc2ccccc2N2CCCC2)c1. The molecular weight excluding hydrogens is 422 g/mol. The lowest BCUT2D eigenvalue weighted by molar-refractivity contribution is 0.0950. The second kappa shape index (κ2) is 9.44. The van der Waals surface area contributed by atoms with Crippen LogP contribution in [0, 0.1) is 0 Å². The molecule has 1 amide bonds. The van der Waals surface area contributed by atoms with E-state index in [0.29, 0.717) is 17.8 Å². The number of rotatable bonds is 7. The molecule has 0 radical (unpaired) electrons. The lowest BCUT2D eigenvalue weighted by Crippen LogP contribution is -2.28. The Bertz CT molecular complexity index is 1190. The van der Waals surface area contributed by atoms with Gasteiger partial charge in [-0.3, -0.25) is 9.10 Å². The normalized spacial score (nSPS) is 13.7. The molecule has 6 nitrogen and oxygen atoms in total. The third kappa shape index (κ3) is 4.62. The van der Waals surface area contributed by atoms with Crippen molar-refractivity contribution in [3.8, 4) is 0 Å². The second-order valence-electron chi connectivity index (χ2n) is 7.84. The van der Waals surface area contributed by atoms with Crippen molar-refractivity contribution in [2.45, 2.75) is 24.3 Å². The summed E-state index contributed by atoms with van der Waals surface area (Å²) in [6.07, 6.45) is 2.36. The first kappa shape index (κ1) is 21.9. The summed E-state index contributed by atoms with van der Waals surface area (Å²) in [6.45, 7) is 2.44. The van der Waals surface area contributed by atoms with Gasteiger partial charge in [-0.1, -0.05) is 42.5 Å². The molecule has 0 unspecified atom stereocenters. The van der Waals surface area contributed by atoms with E-state index in [-0.39, 0.29) is 10.8 Å². The topological polar surface area (TPSA) is 69.7 Å². The summed E-state index contributed by atoms with van der Waals surface area (Å²) in [7, 11) is -2.28. The van der Waals surface area contributed by atoms with E-state index < -0.39 is 10.0 Å². The number of amides is 1. The standard InChI is InChI=1S/C25H27N3O3S/c1-27(22-12-3-2-4-13-22)32(30,31)23-14-9-11-20(18-23)25(29)26-19-21-10-5-6-15-24(21)28-16-7-8-17-28/h2-6,9-15,18H,7-8,16-17,19H2,1H3,(H,26,29). The van der Waals surface area contributed by atoms with Gasteiger partial charge in [-0.05, 0) is 54.8 Å². The van der Waals surface area contributed by atoms with Gasteiger partial charge in [-0.25, -0.2) is 8.42 Å². The van der Waals surface area contributed by atoms with Crippen LogP contribution in [0.4, 0.5) is 11.4 Å². The Kier molecular flexibility index (Phi) is 6.46. The number of carbonyl (C=O) groups excluding carboxylic acids is 1. The first-order valence-electron chi connectivity index (χ1n) is 10.7. The van der Waals surface area contributed by atoms with Gasteiger partial charge in [0.05, 0.1) is 10.6 Å². The minimum atomic E-state index is -3.79. The average Bonchev–Trinajstić information content (AvgIpc) is 3.37. The van der Waals surface area contributed by atoms with Gasteiger partial charge in [0.25, 0.3) is 15.9 Å². The maximum atomic E-state index is 13.1. The van der Waals surface area contributed by atoms with Crippen molar-refractivity contribution in [2.75, 3.05) is 29.3 Å². The Balaban J connectivity index is 1.50. The molecule has 0 aromatic heterocycles. The summed E-state index contributed by atoms with van der Waals surface area (Å²) in [4.78, 5) is 15.3. The van der Waals surface area contributed by atoms with Crippen molar-refractivity contribution in [2.24, 2.45) is 0 Å². The van der Waals surface area contributed by atoms with Crippen molar-refractivity contribution in [3.05, 3.63) is 90.0 Å². The number of hydrogen-bond acceptors (Lipinski definition) is 4. The molecule has 0 atom stereocenters. The van der Waals surface area contributed by atoms with Crippen molar-refractivity contribution in [3.63, 3.8) is 0 Å². The summed E-state index contributed by atoms with van der Waals surface area (Å²) >= 11 is 0. The smallest absolute Gasteiger partial charge is 0.264 e. The second-order valence-corrected chi connectivity index (χ2v) is 9.81. The van der Waals surface area contributed by atoms with Crippen LogP contribution in [0.2, 0.25) is 0 Å². The molecule has 7 heteroatoms. The van der Waals surface area contributed by atoms with Gasteiger partial charge in [0.2, 0.25) is 0 Å². The lowest BCUT2D eigenvalue weighted by Gasteiger charge is -2.21. The zero-order chi connectivity index (χ0) is 22.6. The first-order valence-corrected chi connectivity index (χ1v) is 12.2. The minimum Gasteiger partial charge on any atom is -0.371 e. The number of sulfonamides is 1. The van der Waals surface area contributed by atoms with E-state index >= 15 is 0 Å². The van der Waals surface area contributed by atoms with Crippen LogP contribution in [0.5, 0.6) is 0 Å². The molecule has 32 heavy (non-hydrogen) atoms. The van der Waals surface area contributed by atoms with E-state index in [9.17, 15) is 13.2 Å². The van der Waals surface area contributed by atoms with E-state index in [0.717, 1.165) is 24.3 Å². The summed E-state index contributed by atoms with van der Waals surface area (Å²) in [5.41, 5.74) is 3.06. The fourth-order valence-corrected chi connectivity index (χ4v) is 5.18. The van der Waals surface area contributed by atoms with E-state index in [1.807, 2.05) is 24.3 Å². The van der Waals surface area contributed by atoms with Gasteiger partial charge >= 0.3 is 0 Å². The van der Waals surface area contributed by atoms with Crippen LogP contribution in [-0.4, -0.2) is 34.5 Å². The highest BCUT2D eigenvalue weighted by Crippen LogP contribution is 2.25. The first-order chi connectivity index (χ1) is 15.5. The van der Waals surface area contributed by atoms with Gasteiger partial charge in [-0.2, -0.15) is 0 Å². The third-order valence-electron chi connectivity index (χ3n) is 5.75. The molecule has 1 aliphatic heterocycles. The number of para-hydroxylation sites is 2.